The second-order valence-electron chi connectivity index (χ2n) is 14.1. The lowest BCUT2D eigenvalue weighted by atomic mass is 9.99. The third-order valence-corrected chi connectivity index (χ3v) is 9.06. The predicted octanol–water partition coefficient (Wildman–Crippen LogP) is 11.7. The molecule has 0 rings (SSSR count). The molecule has 0 radical (unpaired) electrons. The number of rotatable bonds is 34. The first-order valence-corrected chi connectivity index (χ1v) is 19.3. The fourth-order valence-corrected chi connectivity index (χ4v) is 5.72. The van der Waals surface area contributed by atoms with Crippen molar-refractivity contribution in [3.05, 3.63) is 0 Å². The van der Waals surface area contributed by atoms with E-state index in [1.54, 1.807) is 0 Å². The van der Waals surface area contributed by atoms with Crippen LogP contribution in [0, 0.1) is 11.8 Å². The van der Waals surface area contributed by atoms with Gasteiger partial charge in [0, 0.05) is 12.8 Å². The van der Waals surface area contributed by atoms with Gasteiger partial charge < -0.3 is 14.6 Å². The van der Waals surface area contributed by atoms with E-state index in [-0.39, 0.29) is 25.2 Å². The quantitative estimate of drug-likeness (QED) is 0.0569. The van der Waals surface area contributed by atoms with Gasteiger partial charge in [-0.25, -0.2) is 0 Å². The summed E-state index contributed by atoms with van der Waals surface area (Å²) in [5, 5.41) is 10.0. The Kier molecular flexibility index (Phi) is 32.4. The molecule has 0 aromatic heterocycles. The van der Waals surface area contributed by atoms with Crippen LogP contribution in [0.3, 0.4) is 0 Å². The first kappa shape index (κ1) is 42.9. The number of aliphatic hydroxyl groups is 1. The molecule has 1 N–H and O–H groups in total. The van der Waals surface area contributed by atoms with Gasteiger partial charge in [0.15, 0.2) is 0 Å². The highest BCUT2D eigenvalue weighted by molar-refractivity contribution is 5.69. The standard InChI is InChI=1S/C39H76O5/c1-5-36(4)30-26-22-18-14-11-12-16-20-24-28-32-39(42)44-34-37(40)33-43-38(41)31-27-23-19-15-10-8-6-7-9-13-17-21-25-29-35(2)3/h35-37,40H,5-34H2,1-4H3/t36?,37-/m0/s1. The van der Waals surface area contributed by atoms with Crippen molar-refractivity contribution in [2.45, 2.75) is 214 Å². The van der Waals surface area contributed by atoms with Gasteiger partial charge in [-0.05, 0) is 24.7 Å². The number of carbonyl (C=O) groups is 2. The highest BCUT2D eigenvalue weighted by Crippen LogP contribution is 2.17. The van der Waals surface area contributed by atoms with Gasteiger partial charge in [0.1, 0.15) is 19.3 Å². The van der Waals surface area contributed by atoms with Crippen LogP contribution in [0.4, 0.5) is 0 Å². The van der Waals surface area contributed by atoms with Crippen LogP contribution in [0.1, 0.15) is 207 Å². The number of unbranched alkanes of at least 4 members (excludes halogenated alkanes) is 21. The molecule has 0 aromatic carbocycles. The number of hydrogen-bond acceptors (Lipinski definition) is 5. The van der Waals surface area contributed by atoms with Crippen molar-refractivity contribution in [3.63, 3.8) is 0 Å². The van der Waals surface area contributed by atoms with Crippen LogP contribution in [0.25, 0.3) is 0 Å². The van der Waals surface area contributed by atoms with E-state index in [1.807, 2.05) is 0 Å². The van der Waals surface area contributed by atoms with E-state index in [9.17, 15) is 14.7 Å². The molecule has 0 fully saturated rings. The monoisotopic (exact) mass is 625 g/mol. The molecule has 5 nitrogen and oxygen atoms in total. The number of aliphatic hydroxyl groups excluding tert-OH is 1. The van der Waals surface area contributed by atoms with Crippen LogP contribution in [-0.4, -0.2) is 36.4 Å². The Morgan fingerprint density at radius 2 is 0.773 bits per heavy atom. The third-order valence-electron chi connectivity index (χ3n) is 9.06. The van der Waals surface area contributed by atoms with Crippen LogP contribution >= 0.6 is 0 Å². The zero-order chi connectivity index (χ0) is 32.5. The average Bonchev–Trinajstić information content (AvgIpc) is 3.00. The van der Waals surface area contributed by atoms with Gasteiger partial charge in [0.25, 0.3) is 0 Å². The van der Waals surface area contributed by atoms with Crippen molar-refractivity contribution < 1.29 is 24.2 Å². The highest BCUT2D eigenvalue weighted by atomic mass is 16.6. The molecule has 0 saturated carbocycles. The molecule has 44 heavy (non-hydrogen) atoms. The largest absolute Gasteiger partial charge is 0.463 e. The molecule has 2 atom stereocenters. The molecule has 0 spiro atoms. The summed E-state index contributed by atoms with van der Waals surface area (Å²) in [4.78, 5) is 23.9. The van der Waals surface area contributed by atoms with Crippen molar-refractivity contribution in [3.8, 4) is 0 Å². The number of carbonyl (C=O) groups excluding carboxylic acids is 2. The normalized spacial score (nSPS) is 12.9. The van der Waals surface area contributed by atoms with Crippen LogP contribution in [-0.2, 0) is 19.1 Å². The Morgan fingerprint density at radius 3 is 1.09 bits per heavy atom. The first-order chi connectivity index (χ1) is 21.3. The Morgan fingerprint density at radius 1 is 0.477 bits per heavy atom. The Balaban J connectivity index is 3.40. The zero-order valence-electron chi connectivity index (χ0n) is 30.0. The summed E-state index contributed by atoms with van der Waals surface area (Å²) in [6, 6.07) is 0. The van der Waals surface area contributed by atoms with E-state index in [4.69, 9.17) is 9.47 Å². The second kappa shape index (κ2) is 33.3. The Bertz CT molecular complexity index is 620. The SMILES string of the molecule is CCC(C)CCCCCCCCCCCCC(=O)OC[C@@H](O)COC(=O)CCCCCCCCCCCCCCCC(C)C. The average molecular weight is 625 g/mol. The molecule has 0 saturated heterocycles. The van der Waals surface area contributed by atoms with Crippen LogP contribution in [0.2, 0.25) is 0 Å². The Labute approximate surface area is 274 Å². The molecule has 0 bridgehead atoms. The van der Waals surface area contributed by atoms with Gasteiger partial charge >= 0.3 is 11.9 Å². The number of esters is 2. The molecule has 0 aliphatic rings. The van der Waals surface area contributed by atoms with Gasteiger partial charge in [0.2, 0.25) is 0 Å². The summed E-state index contributed by atoms with van der Waals surface area (Å²) < 4.78 is 10.3. The molecule has 0 aromatic rings. The second-order valence-corrected chi connectivity index (χ2v) is 14.1. The fourth-order valence-electron chi connectivity index (χ4n) is 5.72. The van der Waals surface area contributed by atoms with E-state index >= 15 is 0 Å². The Hall–Kier alpha value is -1.10. The van der Waals surface area contributed by atoms with Gasteiger partial charge in [0.05, 0.1) is 0 Å². The maximum atomic E-state index is 12.0. The van der Waals surface area contributed by atoms with Crippen molar-refractivity contribution in [1.82, 2.24) is 0 Å². The molecule has 0 amide bonds. The minimum Gasteiger partial charge on any atom is -0.463 e. The molecule has 1 unspecified atom stereocenters. The predicted molar refractivity (Wildman–Crippen MR) is 187 cm³/mol. The van der Waals surface area contributed by atoms with Crippen LogP contribution in [0.5, 0.6) is 0 Å². The lowest BCUT2D eigenvalue weighted by Crippen LogP contribution is -2.25. The first-order valence-electron chi connectivity index (χ1n) is 19.3. The molecule has 262 valence electrons. The number of ether oxygens (including phenoxy) is 2. The van der Waals surface area contributed by atoms with Crippen LogP contribution in [0.15, 0.2) is 0 Å². The van der Waals surface area contributed by atoms with Gasteiger partial charge in [-0.2, -0.15) is 0 Å². The minimum atomic E-state index is -0.956. The molecule has 0 heterocycles. The van der Waals surface area contributed by atoms with Crippen molar-refractivity contribution in [1.29, 1.82) is 0 Å². The summed E-state index contributed by atoms with van der Waals surface area (Å²) in [5.74, 6) is 1.17. The molecule has 0 aliphatic heterocycles. The molecular formula is C39H76O5. The van der Waals surface area contributed by atoms with E-state index < -0.39 is 6.10 Å². The van der Waals surface area contributed by atoms with Crippen molar-refractivity contribution in [2.75, 3.05) is 13.2 Å². The summed E-state index contributed by atoms with van der Waals surface area (Å²) in [6.07, 6.45) is 32.9. The molecular weight excluding hydrogens is 548 g/mol. The zero-order valence-corrected chi connectivity index (χ0v) is 30.0. The van der Waals surface area contributed by atoms with Gasteiger partial charge in [-0.15, -0.1) is 0 Å². The van der Waals surface area contributed by atoms with E-state index in [0.29, 0.717) is 12.8 Å². The summed E-state index contributed by atoms with van der Waals surface area (Å²) in [6.45, 7) is 9.04. The molecule has 0 aliphatic carbocycles. The summed E-state index contributed by atoms with van der Waals surface area (Å²) >= 11 is 0. The van der Waals surface area contributed by atoms with Crippen molar-refractivity contribution in [2.24, 2.45) is 11.8 Å². The smallest absolute Gasteiger partial charge is 0.305 e. The molecule has 5 heteroatoms. The number of hydrogen-bond donors (Lipinski definition) is 1. The van der Waals surface area contributed by atoms with E-state index in [1.165, 1.54) is 141 Å². The van der Waals surface area contributed by atoms with E-state index in [2.05, 4.69) is 27.7 Å². The van der Waals surface area contributed by atoms with E-state index in [0.717, 1.165) is 37.5 Å². The minimum absolute atomic E-state index is 0.109. The summed E-state index contributed by atoms with van der Waals surface area (Å²) in [5.41, 5.74) is 0. The maximum absolute atomic E-state index is 12.0. The third kappa shape index (κ3) is 33.8. The lowest BCUT2D eigenvalue weighted by molar-refractivity contribution is -0.152. The lowest BCUT2D eigenvalue weighted by Gasteiger charge is -2.12. The van der Waals surface area contributed by atoms with Gasteiger partial charge in [-0.1, -0.05) is 182 Å². The van der Waals surface area contributed by atoms with Crippen molar-refractivity contribution >= 4 is 11.9 Å². The summed E-state index contributed by atoms with van der Waals surface area (Å²) in [7, 11) is 0. The fraction of sp³-hybridized carbons (Fsp3) is 0.949. The highest BCUT2D eigenvalue weighted by Gasteiger charge is 2.12. The maximum Gasteiger partial charge on any atom is 0.305 e. The topological polar surface area (TPSA) is 72.8 Å². The van der Waals surface area contributed by atoms with Gasteiger partial charge in [-0.3, -0.25) is 9.59 Å². The van der Waals surface area contributed by atoms with Crippen LogP contribution < -0.4 is 0 Å².